The molecule has 0 radical (unpaired) electrons. The van der Waals surface area contributed by atoms with Gasteiger partial charge in [0.2, 0.25) is 11.8 Å². The van der Waals surface area contributed by atoms with E-state index < -0.39 is 0 Å². The Balaban J connectivity index is 1.42. The summed E-state index contributed by atoms with van der Waals surface area (Å²) in [5.74, 6) is 0.341. The molecule has 1 aromatic heterocycles. The molecule has 0 aliphatic carbocycles. The third-order valence-electron chi connectivity index (χ3n) is 5.63. The standard InChI is InChI=1S/C24H29N3O3/c1-3-18-5-7-19(8-6-18)21(28)9-11-23(29)27-14-12-20(13-15-27)24(30)26-22-10-4-17(2)16-25-22/h4-8,10,16,20H,3,9,11-15H2,1-2H3,(H,25,26,30). The highest BCUT2D eigenvalue weighted by Gasteiger charge is 2.27. The van der Waals surface area contributed by atoms with Gasteiger partial charge in [-0.25, -0.2) is 4.98 Å². The molecule has 1 N–H and O–H groups in total. The number of ketones is 1. The Morgan fingerprint density at radius 1 is 1.03 bits per heavy atom. The van der Waals surface area contributed by atoms with E-state index >= 15 is 0 Å². The van der Waals surface area contributed by atoms with Crippen LogP contribution in [-0.4, -0.2) is 40.6 Å². The second-order valence-electron chi connectivity index (χ2n) is 7.84. The van der Waals surface area contributed by atoms with Crippen LogP contribution >= 0.6 is 0 Å². The lowest BCUT2D eigenvalue weighted by Gasteiger charge is -2.31. The van der Waals surface area contributed by atoms with Crippen molar-refractivity contribution in [3.05, 3.63) is 59.3 Å². The molecule has 0 spiro atoms. The first-order chi connectivity index (χ1) is 14.5. The molecular formula is C24H29N3O3. The van der Waals surface area contributed by atoms with Crippen LogP contribution in [0.25, 0.3) is 0 Å². The quantitative estimate of drug-likeness (QED) is 0.708. The van der Waals surface area contributed by atoms with E-state index in [9.17, 15) is 14.4 Å². The van der Waals surface area contributed by atoms with Crippen molar-refractivity contribution in [3.8, 4) is 0 Å². The van der Waals surface area contributed by atoms with Gasteiger partial charge in [0.05, 0.1) is 0 Å². The summed E-state index contributed by atoms with van der Waals surface area (Å²) in [5, 5.41) is 2.85. The Hall–Kier alpha value is -3.02. The molecule has 0 atom stereocenters. The molecule has 1 aliphatic rings. The van der Waals surface area contributed by atoms with Gasteiger partial charge in [0.15, 0.2) is 5.78 Å². The van der Waals surface area contributed by atoms with E-state index in [1.54, 1.807) is 17.2 Å². The number of nitrogens with one attached hydrogen (secondary N) is 1. The summed E-state index contributed by atoms with van der Waals surface area (Å²) in [7, 11) is 0. The normalized spacial score (nSPS) is 14.4. The molecule has 0 unspecified atom stereocenters. The molecule has 158 valence electrons. The van der Waals surface area contributed by atoms with Crippen molar-refractivity contribution in [2.75, 3.05) is 18.4 Å². The van der Waals surface area contributed by atoms with E-state index in [4.69, 9.17) is 0 Å². The summed E-state index contributed by atoms with van der Waals surface area (Å²) >= 11 is 0. The number of rotatable bonds is 7. The second kappa shape index (κ2) is 10.1. The van der Waals surface area contributed by atoms with Gasteiger partial charge in [-0.05, 0) is 43.4 Å². The van der Waals surface area contributed by atoms with Crippen LogP contribution in [0.5, 0.6) is 0 Å². The maximum Gasteiger partial charge on any atom is 0.228 e. The number of amides is 2. The average molecular weight is 408 g/mol. The zero-order valence-electron chi connectivity index (χ0n) is 17.7. The van der Waals surface area contributed by atoms with Crippen molar-refractivity contribution >= 4 is 23.4 Å². The lowest BCUT2D eigenvalue weighted by atomic mass is 9.95. The Morgan fingerprint density at radius 2 is 1.73 bits per heavy atom. The third kappa shape index (κ3) is 5.75. The van der Waals surface area contributed by atoms with Crippen LogP contribution in [-0.2, 0) is 16.0 Å². The molecular weight excluding hydrogens is 378 g/mol. The Labute approximate surface area is 177 Å². The van der Waals surface area contributed by atoms with Gasteiger partial charge in [-0.15, -0.1) is 0 Å². The number of carbonyl (C=O) groups excluding carboxylic acids is 3. The van der Waals surface area contributed by atoms with Crippen LogP contribution in [0.1, 0.15) is 54.1 Å². The second-order valence-corrected chi connectivity index (χ2v) is 7.84. The summed E-state index contributed by atoms with van der Waals surface area (Å²) < 4.78 is 0. The number of carbonyl (C=O) groups is 3. The van der Waals surface area contributed by atoms with Gasteiger partial charge in [0.1, 0.15) is 5.82 Å². The van der Waals surface area contributed by atoms with Gasteiger partial charge in [-0.3, -0.25) is 14.4 Å². The molecule has 2 heterocycles. The summed E-state index contributed by atoms with van der Waals surface area (Å²) in [5.41, 5.74) is 2.88. The van der Waals surface area contributed by atoms with Crippen molar-refractivity contribution in [2.24, 2.45) is 5.92 Å². The van der Waals surface area contributed by atoms with E-state index in [2.05, 4.69) is 17.2 Å². The van der Waals surface area contributed by atoms with Crippen molar-refractivity contribution in [3.63, 3.8) is 0 Å². The van der Waals surface area contributed by atoms with Gasteiger partial charge >= 0.3 is 0 Å². The number of pyridine rings is 1. The predicted octanol–water partition coefficient (Wildman–Crippen LogP) is 3.79. The number of Topliss-reactive ketones (excluding diaryl/α,β-unsaturated/α-hetero) is 1. The molecule has 1 aromatic carbocycles. The van der Waals surface area contributed by atoms with Gasteiger partial charge in [0.25, 0.3) is 0 Å². The first kappa shape index (κ1) is 21.7. The molecule has 1 aliphatic heterocycles. The van der Waals surface area contributed by atoms with Crippen molar-refractivity contribution in [1.29, 1.82) is 0 Å². The van der Waals surface area contributed by atoms with Crippen molar-refractivity contribution < 1.29 is 14.4 Å². The van der Waals surface area contributed by atoms with Crippen LogP contribution in [0.2, 0.25) is 0 Å². The molecule has 6 heteroatoms. The fraction of sp³-hybridized carbons (Fsp3) is 0.417. The van der Waals surface area contributed by atoms with Crippen LogP contribution < -0.4 is 5.32 Å². The highest BCUT2D eigenvalue weighted by Crippen LogP contribution is 2.20. The highest BCUT2D eigenvalue weighted by atomic mass is 16.2. The number of benzene rings is 1. The third-order valence-corrected chi connectivity index (χ3v) is 5.63. The van der Waals surface area contributed by atoms with E-state index in [1.165, 1.54) is 5.56 Å². The van der Waals surface area contributed by atoms with Crippen LogP contribution in [0.4, 0.5) is 5.82 Å². The molecule has 0 saturated carbocycles. The van der Waals surface area contributed by atoms with Gasteiger partial charge in [-0.2, -0.15) is 0 Å². The Kier molecular flexibility index (Phi) is 7.33. The van der Waals surface area contributed by atoms with E-state index in [1.807, 2.05) is 37.3 Å². The largest absolute Gasteiger partial charge is 0.343 e. The van der Waals surface area contributed by atoms with E-state index in [0.29, 0.717) is 37.3 Å². The number of aromatic nitrogens is 1. The minimum absolute atomic E-state index is 0.00846. The fourth-order valence-corrected chi connectivity index (χ4v) is 3.61. The summed E-state index contributed by atoms with van der Waals surface area (Å²) in [4.78, 5) is 43.3. The van der Waals surface area contributed by atoms with E-state index in [0.717, 1.165) is 12.0 Å². The van der Waals surface area contributed by atoms with Crippen LogP contribution in [0.15, 0.2) is 42.6 Å². The summed E-state index contributed by atoms with van der Waals surface area (Å²) in [6.07, 6.45) is 4.31. The van der Waals surface area contributed by atoms with Crippen LogP contribution in [0, 0.1) is 12.8 Å². The number of hydrogen-bond acceptors (Lipinski definition) is 4. The summed E-state index contributed by atoms with van der Waals surface area (Å²) in [6.45, 7) is 5.10. The number of likely N-dealkylation sites (tertiary alicyclic amines) is 1. The van der Waals surface area contributed by atoms with Crippen LogP contribution in [0.3, 0.4) is 0 Å². The van der Waals surface area contributed by atoms with Gasteiger partial charge in [-0.1, -0.05) is 37.3 Å². The van der Waals surface area contributed by atoms with Crippen molar-refractivity contribution in [2.45, 2.75) is 46.0 Å². The first-order valence-electron chi connectivity index (χ1n) is 10.6. The molecule has 3 rings (SSSR count). The molecule has 6 nitrogen and oxygen atoms in total. The number of hydrogen-bond donors (Lipinski definition) is 1. The predicted molar refractivity (Wildman–Crippen MR) is 116 cm³/mol. The maximum atomic E-state index is 12.5. The minimum Gasteiger partial charge on any atom is -0.343 e. The zero-order valence-corrected chi connectivity index (χ0v) is 17.7. The molecule has 2 amide bonds. The van der Waals surface area contributed by atoms with E-state index in [-0.39, 0.29) is 36.4 Å². The first-order valence-corrected chi connectivity index (χ1v) is 10.6. The monoisotopic (exact) mass is 407 g/mol. The smallest absolute Gasteiger partial charge is 0.228 e. The molecule has 1 fully saturated rings. The summed E-state index contributed by atoms with van der Waals surface area (Å²) in [6, 6.07) is 11.3. The number of anilines is 1. The lowest BCUT2D eigenvalue weighted by molar-refractivity contribution is -0.134. The number of aryl methyl sites for hydroxylation is 2. The fourth-order valence-electron chi connectivity index (χ4n) is 3.61. The molecule has 0 bridgehead atoms. The Bertz CT molecular complexity index is 883. The molecule has 1 saturated heterocycles. The maximum absolute atomic E-state index is 12.5. The number of nitrogens with zero attached hydrogens (tertiary/aromatic N) is 2. The van der Waals surface area contributed by atoms with Gasteiger partial charge < -0.3 is 10.2 Å². The zero-order chi connectivity index (χ0) is 21.5. The molecule has 30 heavy (non-hydrogen) atoms. The Morgan fingerprint density at radius 3 is 2.33 bits per heavy atom. The SMILES string of the molecule is CCc1ccc(C(=O)CCC(=O)N2CCC(C(=O)Nc3ccc(C)cn3)CC2)cc1. The van der Waals surface area contributed by atoms with Crippen molar-refractivity contribution in [1.82, 2.24) is 9.88 Å². The number of piperidine rings is 1. The lowest BCUT2D eigenvalue weighted by Crippen LogP contribution is -2.41. The van der Waals surface area contributed by atoms with Gasteiger partial charge in [0, 0.05) is 43.6 Å². The minimum atomic E-state index is -0.129. The highest BCUT2D eigenvalue weighted by molar-refractivity contribution is 5.98. The average Bonchev–Trinajstić information content (AvgIpc) is 2.79. The molecule has 2 aromatic rings. The topological polar surface area (TPSA) is 79.4 Å².